The molecule has 2 N–H and O–H groups in total. The lowest BCUT2D eigenvalue weighted by Gasteiger charge is -2.10. The van der Waals surface area contributed by atoms with Crippen LogP contribution in [-0.2, 0) is 4.79 Å². The van der Waals surface area contributed by atoms with E-state index in [1.54, 1.807) is 0 Å². The lowest BCUT2D eigenvalue weighted by molar-refractivity contribution is -0.118. The van der Waals surface area contributed by atoms with Crippen molar-refractivity contribution in [2.24, 2.45) is 0 Å². The van der Waals surface area contributed by atoms with Gasteiger partial charge < -0.3 is 15.4 Å². The smallest absolute Gasteiger partial charge is 0.262 e. The molecule has 0 aliphatic rings. The van der Waals surface area contributed by atoms with Crippen LogP contribution in [0.4, 0.5) is 17.1 Å². The molecule has 3 aromatic rings. The van der Waals surface area contributed by atoms with E-state index in [0.29, 0.717) is 5.75 Å². The minimum Gasteiger partial charge on any atom is -0.484 e. The van der Waals surface area contributed by atoms with Gasteiger partial charge in [0.25, 0.3) is 5.91 Å². The number of carbonyl (C=O) groups is 1. The first-order chi connectivity index (χ1) is 12.2. The maximum atomic E-state index is 11.9. The van der Waals surface area contributed by atoms with Crippen molar-refractivity contribution in [3.05, 3.63) is 83.3 Å². The van der Waals surface area contributed by atoms with Crippen LogP contribution in [0.5, 0.6) is 5.75 Å². The largest absolute Gasteiger partial charge is 0.484 e. The molecular weight excluding hydrogens is 380 g/mol. The Morgan fingerprint density at radius 3 is 2.20 bits per heavy atom. The predicted molar refractivity (Wildman–Crippen MR) is 104 cm³/mol. The third-order valence-electron chi connectivity index (χ3n) is 3.43. The molecule has 0 saturated heterocycles. The monoisotopic (exact) mass is 396 g/mol. The van der Waals surface area contributed by atoms with Gasteiger partial charge in [-0.3, -0.25) is 4.79 Å². The van der Waals surface area contributed by atoms with Crippen LogP contribution in [0.3, 0.4) is 0 Å². The van der Waals surface area contributed by atoms with E-state index in [0.717, 1.165) is 21.5 Å². The van der Waals surface area contributed by atoms with E-state index in [2.05, 4.69) is 26.6 Å². The molecule has 0 heterocycles. The zero-order valence-electron chi connectivity index (χ0n) is 13.4. The first-order valence-electron chi connectivity index (χ1n) is 7.80. The molecule has 25 heavy (non-hydrogen) atoms. The quantitative estimate of drug-likeness (QED) is 0.601. The summed E-state index contributed by atoms with van der Waals surface area (Å²) in [5.74, 6) is 0.473. The number of benzene rings is 3. The zero-order chi connectivity index (χ0) is 17.5. The van der Waals surface area contributed by atoms with Gasteiger partial charge in [0.1, 0.15) is 5.75 Å². The number of hydrogen-bond acceptors (Lipinski definition) is 3. The van der Waals surface area contributed by atoms with Crippen LogP contribution < -0.4 is 15.4 Å². The second-order valence-electron chi connectivity index (χ2n) is 5.33. The Labute approximate surface area is 155 Å². The summed E-state index contributed by atoms with van der Waals surface area (Å²) in [7, 11) is 0. The maximum Gasteiger partial charge on any atom is 0.262 e. The van der Waals surface area contributed by atoms with Gasteiger partial charge >= 0.3 is 0 Å². The Bertz CT molecular complexity index is 836. The number of ether oxygens (including phenoxy) is 1. The summed E-state index contributed by atoms with van der Waals surface area (Å²) < 4.78 is 6.42. The predicted octanol–water partition coefficient (Wildman–Crippen LogP) is 5.21. The molecule has 0 aliphatic heterocycles. The van der Waals surface area contributed by atoms with Crippen molar-refractivity contribution in [2.75, 3.05) is 17.2 Å². The molecule has 0 spiro atoms. The fraction of sp³-hybridized carbons (Fsp3) is 0.0500. The van der Waals surface area contributed by atoms with Crippen molar-refractivity contribution >= 4 is 38.9 Å². The maximum absolute atomic E-state index is 11.9. The van der Waals surface area contributed by atoms with Crippen LogP contribution in [0.15, 0.2) is 83.3 Å². The van der Waals surface area contributed by atoms with Crippen molar-refractivity contribution in [2.45, 2.75) is 0 Å². The van der Waals surface area contributed by atoms with Crippen LogP contribution in [0, 0.1) is 0 Å². The van der Waals surface area contributed by atoms with Crippen LogP contribution in [0.1, 0.15) is 0 Å². The van der Waals surface area contributed by atoms with Crippen LogP contribution in [0.25, 0.3) is 0 Å². The average Bonchev–Trinajstić information content (AvgIpc) is 2.64. The molecular formula is C20H17BrN2O2. The molecule has 0 unspecified atom stereocenters. The van der Waals surface area contributed by atoms with Gasteiger partial charge in [0.15, 0.2) is 6.61 Å². The van der Waals surface area contributed by atoms with Crippen LogP contribution in [0.2, 0.25) is 0 Å². The molecule has 126 valence electrons. The first kappa shape index (κ1) is 17.0. The topological polar surface area (TPSA) is 50.4 Å². The molecule has 0 saturated carbocycles. The molecule has 0 aliphatic carbocycles. The fourth-order valence-corrected chi connectivity index (χ4v) is 2.60. The minimum atomic E-state index is -0.199. The SMILES string of the molecule is O=C(COc1ccccc1)Nc1ccc(Nc2ccccc2Br)cc1. The average molecular weight is 397 g/mol. The molecule has 0 bridgehead atoms. The van der Waals surface area contributed by atoms with Crippen molar-refractivity contribution in [1.29, 1.82) is 0 Å². The molecule has 3 aromatic carbocycles. The Balaban J connectivity index is 1.53. The lowest BCUT2D eigenvalue weighted by Crippen LogP contribution is -2.20. The van der Waals surface area contributed by atoms with E-state index in [4.69, 9.17) is 4.74 Å². The highest BCUT2D eigenvalue weighted by molar-refractivity contribution is 9.10. The number of amides is 1. The Hall–Kier alpha value is -2.79. The standard InChI is InChI=1S/C20H17BrN2O2/c21-18-8-4-5-9-19(18)22-15-10-12-16(13-11-15)23-20(24)14-25-17-6-2-1-3-7-17/h1-13,22H,14H2,(H,23,24). The molecule has 0 radical (unpaired) electrons. The van der Waals surface area contributed by atoms with Gasteiger partial charge in [-0.15, -0.1) is 0 Å². The van der Waals surface area contributed by atoms with E-state index in [-0.39, 0.29) is 12.5 Å². The van der Waals surface area contributed by atoms with Gasteiger partial charge in [0, 0.05) is 15.8 Å². The number of para-hydroxylation sites is 2. The van der Waals surface area contributed by atoms with E-state index in [9.17, 15) is 4.79 Å². The first-order valence-corrected chi connectivity index (χ1v) is 8.59. The van der Waals surface area contributed by atoms with Gasteiger partial charge in [-0.25, -0.2) is 0 Å². The summed E-state index contributed by atoms with van der Waals surface area (Å²) in [4.78, 5) is 11.9. The molecule has 0 atom stereocenters. The van der Waals surface area contributed by atoms with Crippen LogP contribution in [-0.4, -0.2) is 12.5 Å². The Morgan fingerprint density at radius 2 is 1.48 bits per heavy atom. The molecule has 1 amide bonds. The third-order valence-corrected chi connectivity index (χ3v) is 4.13. The number of anilines is 3. The molecule has 0 fully saturated rings. The van der Waals surface area contributed by atoms with E-state index < -0.39 is 0 Å². The highest BCUT2D eigenvalue weighted by atomic mass is 79.9. The van der Waals surface area contributed by atoms with Gasteiger partial charge in [-0.1, -0.05) is 30.3 Å². The van der Waals surface area contributed by atoms with Gasteiger partial charge in [-0.05, 0) is 64.5 Å². The number of carbonyl (C=O) groups excluding carboxylic acids is 1. The fourth-order valence-electron chi connectivity index (χ4n) is 2.22. The highest BCUT2D eigenvalue weighted by Crippen LogP contribution is 2.25. The third kappa shape index (κ3) is 5.09. The summed E-state index contributed by atoms with van der Waals surface area (Å²) >= 11 is 3.50. The van der Waals surface area contributed by atoms with Gasteiger partial charge in [0.2, 0.25) is 0 Å². The van der Waals surface area contributed by atoms with Crippen LogP contribution >= 0.6 is 15.9 Å². The number of hydrogen-bond donors (Lipinski definition) is 2. The van der Waals surface area contributed by atoms with E-state index in [1.807, 2.05) is 78.9 Å². The second kappa shape index (κ2) is 8.35. The second-order valence-corrected chi connectivity index (χ2v) is 6.19. The summed E-state index contributed by atoms with van der Waals surface area (Å²) in [5.41, 5.74) is 2.64. The van der Waals surface area contributed by atoms with E-state index in [1.165, 1.54) is 0 Å². The van der Waals surface area contributed by atoms with Crippen molar-refractivity contribution < 1.29 is 9.53 Å². The van der Waals surface area contributed by atoms with Crippen molar-refractivity contribution in [3.8, 4) is 5.75 Å². The Morgan fingerprint density at radius 1 is 0.840 bits per heavy atom. The summed E-state index contributed by atoms with van der Waals surface area (Å²) in [5, 5.41) is 6.13. The number of halogens is 1. The highest BCUT2D eigenvalue weighted by Gasteiger charge is 2.04. The van der Waals surface area contributed by atoms with E-state index >= 15 is 0 Å². The summed E-state index contributed by atoms with van der Waals surface area (Å²) in [6.45, 7) is -0.0268. The zero-order valence-corrected chi connectivity index (χ0v) is 15.0. The van der Waals surface area contributed by atoms with Crippen molar-refractivity contribution in [1.82, 2.24) is 0 Å². The summed E-state index contributed by atoms with van der Waals surface area (Å²) in [6, 6.07) is 24.7. The molecule has 5 heteroatoms. The lowest BCUT2D eigenvalue weighted by atomic mass is 10.2. The van der Waals surface area contributed by atoms with Gasteiger partial charge in [0.05, 0.1) is 5.69 Å². The summed E-state index contributed by atoms with van der Waals surface area (Å²) in [6.07, 6.45) is 0. The minimum absolute atomic E-state index is 0.0268. The van der Waals surface area contributed by atoms with Gasteiger partial charge in [-0.2, -0.15) is 0 Å². The van der Waals surface area contributed by atoms with Crippen molar-refractivity contribution in [3.63, 3.8) is 0 Å². The molecule has 0 aromatic heterocycles. The molecule has 4 nitrogen and oxygen atoms in total. The number of nitrogens with one attached hydrogen (secondary N) is 2. The number of rotatable bonds is 6. The normalized spacial score (nSPS) is 10.1. The Kier molecular flexibility index (Phi) is 5.69. The molecule has 3 rings (SSSR count).